The van der Waals surface area contributed by atoms with Gasteiger partial charge in [-0.05, 0) is 31.5 Å². The van der Waals surface area contributed by atoms with Crippen molar-refractivity contribution in [3.8, 4) is 11.5 Å². The van der Waals surface area contributed by atoms with Crippen molar-refractivity contribution in [2.24, 2.45) is 0 Å². The Morgan fingerprint density at radius 3 is 2.78 bits per heavy atom. The van der Waals surface area contributed by atoms with Gasteiger partial charge in [0, 0.05) is 6.54 Å². The molecule has 0 saturated carbocycles. The molecule has 0 bridgehead atoms. The van der Waals surface area contributed by atoms with Crippen LogP contribution in [-0.4, -0.2) is 26.2 Å². The molecule has 0 radical (unpaired) electrons. The van der Waals surface area contributed by atoms with E-state index in [9.17, 15) is 4.79 Å². The number of nitrogens with one attached hydrogen (secondary N) is 1. The Kier molecular flexibility index (Phi) is 5.77. The standard InChI is InChI=1S/C14H19NO3/c1-4-6-11-7-8-12(13(9-11)17-3)18-10-14(16)15-5-2/h4,6-9H,5,10H2,1-3H3,(H,15,16)/b6-4+. The van der Waals surface area contributed by atoms with Crippen LogP contribution in [-0.2, 0) is 4.79 Å². The van der Waals surface area contributed by atoms with Crippen LogP contribution in [0.1, 0.15) is 19.4 Å². The van der Waals surface area contributed by atoms with Crippen LogP contribution in [0.15, 0.2) is 24.3 Å². The van der Waals surface area contributed by atoms with Gasteiger partial charge in [0.25, 0.3) is 5.91 Å². The molecule has 1 N–H and O–H groups in total. The minimum absolute atomic E-state index is 0.00678. The van der Waals surface area contributed by atoms with Crippen molar-refractivity contribution in [3.63, 3.8) is 0 Å². The number of ether oxygens (including phenoxy) is 2. The zero-order valence-corrected chi connectivity index (χ0v) is 11.0. The van der Waals surface area contributed by atoms with Gasteiger partial charge in [-0.3, -0.25) is 4.79 Å². The van der Waals surface area contributed by atoms with E-state index < -0.39 is 0 Å². The topological polar surface area (TPSA) is 47.6 Å². The van der Waals surface area contributed by atoms with E-state index in [4.69, 9.17) is 9.47 Å². The summed E-state index contributed by atoms with van der Waals surface area (Å²) < 4.78 is 10.6. The van der Waals surface area contributed by atoms with Gasteiger partial charge >= 0.3 is 0 Å². The highest BCUT2D eigenvalue weighted by atomic mass is 16.5. The van der Waals surface area contributed by atoms with Crippen LogP contribution in [0.5, 0.6) is 11.5 Å². The van der Waals surface area contributed by atoms with Crippen molar-refractivity contribution in [3.05, 3.63) is 29.8 Å². The highest BCUT2D eigenvalue weighted by Crippen LogP contribution is 2.28. The van der Waals surface area contributed by atoms with Gasteiger partial charge in [-0.1, -0.05) is 18.2 Å². The molecule has 0 aliphatic rings. The Bertz CT molecular complexity index is 427. The molecule has 0 spiro atoms. The molecule has 0 atom stereocenters. The maximum atomic E-state index is 11.3. The number of benzene rings is 1. The maximum absolute atomic E-state index is 11.3. The summed E-state index contributed by atoms with van der Waals surface area (Å²) in [6.45, 7) is 4.41. The number of carbonyl (C=O) groups is 1. The second-order valence-electron chi connectivity index (χ2n) is 3.65. The molecule has 4 nitrogen and oxygen atoms in total. The fourth-order valence-corrected chi connectivity index (χ4v) is 1.49. The first-order chi connectivity index (χ1) is 8.71. The van der Waals surface area contributed by atoms with Crippen LogP contribution in [0, 0.1) is 0 Å². The Morgan fingerprint density at radius 1 is 1.39 bits per heavy atom. The molecule has 0 unspecified atom stereocenters. The van der Waals surface area contributed by atoms with Crippen LogP contribution in [0.25, 0.3) is 6.08 Å². The molecule has 4 heteroatoms. The lowest BCUT2D eigenvalue weighted by molar-refractivity contribution is -0.123. The van der Waals surface area contributed by atoms with Crippen molar-refractivity contribution in [2.75, 3.05) is 20.3 Å². The third-order valence-corrected chi connectivity index (χ3v) is 2.28. The first-order valence-electron chi connectivity index (χ1n) is 5.91. The van der Waals surface area contributed by atoms with E-state index in [1.807, 2.05) is 38.1 Å². The zero-order valence-electron chi connectivity index (χ0n) is 11.0. The second kappa shape index (κ2) is 7.37. The molecular weight excluding hydrogens is 230 g/mol. The average Bonchev–Trinajstić information content (AvgIpc) is 2.37. The molecule has 0 fully saturated rings. The lowest BCUT2D eigenvalue weighted by atomic mass is 10.2. The minimum atomic E-state index is -0.142. The summed E-state index contributed by atoms with van der Waals surface area (Å²) in [6.07, 6.45) is 3.92. The first kappa shape index (κ1) is 14.1. The lowest BCUT2D eigenvalue weighted by Gasteiger charge is -2.11. The van der Waals surface area contributed by atoms with E-state index in [1.165, 1.54) is 0 Å². The van der Waals surface area contributed by atoms with Gasteiger partial charge in [0.1, 0.15) is 0 Å². The number of allylic oxidation sites excluding steroid dienone is 1. The predicted octanol–water partition coefficient (Wildman–Crippen LogP) is 2.24. The molecule has 18 heavy (non-hydrogen) atoms. The van der Waals surface area contributed by atoms with E-state index in [2.05, 4.69) is 5.32 Å². The number of rotatable bonds is 6. The normalized spacial score (nSPS) is 10.4. The third kappa shape index (κ3) is 4.13. The molecule has 0 aliphatic carbocycles. The summed E-state index contributed by atoms with van der Waals surface area (Å²) in [5, 5.41) is 2.67. The van der Waals surface area contributed by atoms with Crippen molar-refractivity contribution in [2.45, 2.75) is 13.8 Å². The molecule has 98 valence electrons. The SMILES string of the molecule is C/C=C/c1ccc(OCC(=O)NCC)c(OC)c1. The van der Waals surface area contributed by atoms with Gasteiger partial charge in [-0.15, -0.1) is 0 Å². The van der Waals surface area contributed by atoms with Gasteiger partial charge in [-0.25, -0.2) is 0 Å². The molecule has 0 heterocycles. The van der Waals surface area contributed by atoms with Crippen molar-refractivity contribution >= 4 is 12.0 Å². The Labute approximate surface area is 108 Å². The highest BCUT2D eigenvalue weighted by Gasteiger charge is 2.07. The number of amides is 1. The van der Waals surface area contributed by atoms with Crippen LogP contribution in [0.2, 0.25) is 0 Å². The number of hydrogen-bond donors (Lipinski definition) is 1. The highest BCUT2D eigenvalue weighted by molar-refractivity contribution is 5.77. The molecular formula is C14H19NO3. The monoisotopic (exact) mass is 249 g/mol. The molecule has 1 rings (SSSR count). The Hall–Kier alpha value is -1.97. The van der Waals surface area contributed by atoms with E-state index in [-0.39, 0.29) is 12.5 Å². The van der Waals surface area contributed by atoms with Crippen molar-refractivity contribution in [1.29, 1.82) is 0 Å². The number of methoxy groups -OCH3 is 1. The molecule has 1 aromatic rings. The molecule has 0 saturated heterocycles. The summed E-state index contributed by atoms with van der Waals surface area (Å²) in [5.74, 6) is 1.05. The van der Waals surface area contributed by atoms with Crippen molar-refractivity contribution < 1.29 is 14.3 Å². The van der Waals surface area contributed by atoms with Crippen LogP contribution >= 0.6 is 0 Å². The quantitative estimate of drug-likeness (QED) is 0.841. The van der Waals surface area contributed by atoms with Gasteiger partial charge in [0.05, 0.1) is 7.11 Å². The van der Waals surface area contributed by atoms with Gasteiger partial charge < -0.3 is 14.8 Å². The fraction of sp³-hybridized carbons (Fsp3) is 0.357. The predicted molar refractivity (Wildman–Crippen MR) is 71.9 cm³/mol. The average molecular weight is 249 g/mol. The van der Waals surface area contributed by atoms with E-state index in [0.29, 0.717) is 18.0 Å². The van der Waals surface area contributed by atoms with Crippen LogP contribution in [0.3, 0.4) is 0 Å². The third-order valence-electron chi connectivity index (χ3n) is 2.28. The van der Waals surface area contributed by atoms with E-state index in [0.717, 1.165) is 5.56 Å². The Morgan fingerprint density at radius 2 is 2.17 bits per heavy atom. The molecule has 0 aromatic heterocycles. The van der Waals surface area contributed by atoms with Crippen molar-refractivity contribution in [1.82, 2.24) is 5.32 Å². The van der Waals surface area contributed by atoms with Gasteiger partial charge in [0.15, 0.2) is 18.1 Å². The largest absolute Gasteiger partial charge is 0.493 e. The number of likely N-dealkylation sites (N-methyl/N-ethyl adjacent to an activating group) is 1. The zero-order chi connectivity index (χ0) is 13.4. The van der Waals surface area contributed by atoms with Crippen LogP contribution in [0.4, 0.5) is 0 Å². The summed E-state index contributed by atoms with van der Waals surface area (Å²) >= 11 is 0. The summed E-state index contributed by atoms with van der Waals surface area (Å²) in [7, 11) is 1.58. The lowest BCUT2D eigenvalue weighted by Crippen LogP contribution is -2.28. The Balaban J connectivity index is 2.73. The second-order valence-corrected chi connectivity index (χ2v) is 3.65. The smallest absolute Gasteiger partial charge is 0.257 e. The number of carbonyl (C=O) groups excluding carboxylic acids is 1. The summed E-state index contributed by atoms with van der Waals surface area (Å²) in [4.78, 5) is 11.3. The maximum Gasteiger partial charge on any atom is 0.257 e. The first-order valence-corrected chi connectivity index (χ1v) is 5.91. The van der Waals surface area contributed by atoms with E-state index in [1.54, 1.807) is 13.2 Å². The van der Waals surface area contributed by atoms with Crippen LogP contribution < -0.4 is 14.8 Å². The minimum Gasteiger partial charge on any atom is -0.493 e. The summed E-state index contributed by atoms with van der Waals surface area (Å²) in [6, 6.07) is 5.58. The fourth-order valence-electron chi connectivity index (χ4n) is 1.49. The molecule has 1 amide bonds. The molecule has 1 aromatic carbocycles. The molecule has 0 aliphatic heterocycles. The van der Waals surface area contributed by atoms with E-state index >= 15 is 0 Å². The van der Waals surface area contributed by atoms with Gasteiger partial charge in [-0.2, -0.15) is 0 Å². The van der Waals surface area contributed by atoms with Gasteiger partial charge in [0.2, 0.25) is 0 Å². The number of hydrogen-bond acceptors (Lipinski definition) is 3. The summed E-state index contributed by atoms with van der Waals surface area (Å²) in [5.41, 5.74) is 1.03.